The fourth-order valence-electron chi connectivity index (χ4n) is 5.98. The number of nitrogens with zero attached hydrogens (tertiary/aromatic N) is 6. The molecule has 8 rings (SSSR count). The second-order valence-corrected chi connectivity index (χ2v) is 11.9. The van der Waals surface area contributed by atoms with Crippen LogP contribution in [0.3, 0.4) is 0 Å². The largest absolute Gasteiger partial charge is 0.457 e. The molecule has 7 heteroatoms. The number of para-hydroxylation sites is 1. The van der Waals surface area contributed by atoms with Gasteiger partial charge >= 0.3 is 0 Å². The highest BCUT2D eigenvalue weighted by atomic mass is 16.5. The predicted molar refractivity (Wildman–Crippen MR) is 168 cm³/mol. The van der Waals surface area contributed by atoms with E-state index < -0.39 is 0 Å². The highest BCUT2D eigenvalue weighted by molar-refractivity contribution is 6.12. The number of pyridine rings is 2. The van der Waals surface area contributed by atoms with Gasteiger partial charge in [0.15, 0.2) is 5.65 Å². The van der Waals surface area contributed by atoms with E-state index in [1.54, 1.807) is 4.52 Å². The number of ether oxygens (including phenoxy) is 1. The topological polar surface area (TPSA) is 70.1 Å². The van der Waals surface area contributed by atoms with E-state index in [1.165, 1.54) is 16.5 Å². The van der Waals surface area contributed by atoms with Crippen molar-refractivity contribution in [3.05, 3.63) is 108 Å². The van der Waals surface area contributed by atoms with Crippen LogP contribution >= 0.6 is 0 Å². The SMILES string of the molecule is Cc1ccc2c3ccc(Oc4ccc5c6ccccc6n(-c6cc(C(C)(C)C)ccn6)c5c4)cc3n3nnnc3c2c1. The Morgan fingerprint density at radius 1 is 0.667 bits per heavy atom. The Hall–Kier alpha value is -5.30. The van der Waals surface area contributed by atoms with E-state index in [2.05, 4.69) is 121 Å². The van der Waals surface area contributed by atoms with Crippen molar-refractivity contribution in [1.29, 1.82) is 0 Å². The summed E-state index contributed by atoms with van der Waals surface area (Å²) in [5.74, 6) is 2.34. The lowest BCUT2D eigenvalue weighted by molar-refractivity contribution is 0.484. The first-order valence-electron chi connectivity index (χ1n) is 14.1. The summed E-state index contributed by atoms with van der Waals surface area (Å²) in [4.78, 5) is 4.80. The maximum absolute atomic E-state index is 6.50. The van der Waals surface area contributed by atoms with Gasteiger partial charge in [0.2, 0.25) is 0 Å². The minimum Gasteiger partial charge on any atom is -0.457 e. The first kappa shape index (κ1) is 24.5. The monoisotopic (exact) mass is 548 g/mol. The molecule has 4 heterocycles. The fraction of sp³-hybridized carbons (Fsp3) is 0.143. The summed E-state index contributed by atoms with van der Waals surface area (Å²) in [5, 5.41) is 18.1. The van der Waals surface area contributed by atoms with Gasteiger partial charge in [0.05, 0.1) is 16.6 Å². The molecule has 0 aliphatic carbocycles. The van der Waals surface area contributed by atoms with Crippen molar-refractivity contribution in [3.63, 3.8) is 0 Å². The van der Waals surface area contributed by atoms with Crippen LogP contribution in [0.15, 0.2) is 97.2 Å². The van der Waals surface area contributed by atoms with E-state index in [4.69, 9.17) is 9.72 Å². The molecule has 0 N–H and O–H groups in total. The molecule has 4 aromatic carbocycles. The Kier molecular flexibility index (Phi) is 5.16. The van der Waals surface area contributed by atoms with Crippen molar-refractivity contribution in [2.75, 3.05) is 0 Å². The number of aromatic nitrogens is 6. The molecule has 42 heavy (non-hydrogen) atoms. The molecule has 0 bridgehead atoms. The van der Waals surface area contributed by atoms with Gasteiger partial charge in [0.25, 0.3) is 0 Å². The number of rotatable bonds is 3. The Morgan fingerprint density at radius 2 is 1.38 bits per heavy atom. The van der Waals surface area contributed by atoms with Crippen LogP contribution in [0.2, 0.25) is 0 Å². The molecule has 0 saturated heterocycles. The van der Waals surface area contributed by atoms with Gasteiger partial charge in [-0.3, -0.25) is 4.57 Å². The Labute approximate surface area is 242 Å². The van der Waals surface area contributed by atoms with Crippen molar-refractivity contribution in [1.82, 2.24) is 29.6 Å². The molecular weight excluding hydrogens is 520 g/mol. The van der Waals surface area contributed by atoms with Gasteiger partial charge in [-0.2, -0.15) is 4.52 Å². The summed E-state index contributed by atoms with van der Waals surface area (Å²) in [6.07, 6.45) is 1.90. The fourth-order valence-corrected chi connectivity index (χ4v) is 5.98. The number of benzene rings is 4. The molecule has 7 nitrogen and oxygen atoms in total. The summed E-state index contributed by atoms with van der Waals surface area (Å²) >= 11 is 0. The Balaban J connectivity index is 1.28. The lowest BCUT2D eigenvalue weighted by Crippen LogP contribution is -2.12. The average Bonchev–Trinajstić information content (AvgIpc) is 3.60. The molecule has 204 valence electrons. The molecule has 0 radical (unpaired) electrons. The van der Waals surface area contributed by atoms with Crippen LogP contribution in [0.4, 0.5) is 0 Å². The smallest absolute Gasteiger partial charge is 0.187 e. The third-order valence-electron chi connectivity index (χ3n) is 8.09. The number of aryl methyl sites for hydroxylation is 1. The van der Waals surface area contributed by atoms with E-state index in [0.29, 0.717) is 5.75 Å². The molecule has 0 aliphatic rings. The third kappa shape index (κ3) is 3.74. The minimum atomic E-state index is 0.00991. The Bertz CT molecular complexity index is 2340. The summed E-state index contributed by atoms with van der Waals surface area (Å²) in [7, 11) is 0. The van der Waals surface area contributed by atoms with Crippen LogP contribution in [-0.2, 0) is 5.41 Å². The number of fused-ring (bicyclic) bond motifs is 9. The van der Waals surface area contributed by atoms with Gasteiger partial charge < -0.3 is 4.74 Å². The molecule has 0 atom stereocenters. The molecule has 8 aromatic rings. The van der Waals surface area contributed by atoms with E-state index in [1.807, 2.05) is 24.4 Å². The lowest BCUT2D eigenvalue weighted by Gasteiger charge is -2.20. The van der Waals surface area contributed by atoms with E-state index in [9.17, 15) is 0 Å². The quantitative estimate of drug-likeness (QED) is 0.208. The standard InChI is InChI=1S/C35H28N6O/c1-21-9-12-25-27-13-10-24(20-32(27)41-34(29(25)17-21)37-38-39-41)42-23-11-14-28-26-7-5-6-8-30(26)40(31(28)19-23)33-18-22(15-16-36-33)35(2,3)4/h5-20H,1-4H3. The van der Waals surface area contributed by atoms with Crippen LogP contribution in [0, 0.1) is 6.92 Å². The normalized spacial score (nSPS) is 12.3. The molecule has 0 aliphatic heterocycles. The second-order valence-electron chi connectivity index (χ2n) is 11.9. The first-order valence-corrected chi connectivity index (χ1v) is 14.1. The summed E-state index contributed by atoms with van der Waals surface area (Å²) < 4.78 is 10.5. The number of hydrogen-bond acceptors (Lipinski definition) is 5. The predicted octanol–water partition coefficient (Wildman–Crippen LogP) is 8.32. The van der Waals surface area contributed by atoms with E-state index in [0.717, 1.165) is 55.3 Å². The van der Waals surface area contributed by atoms with Crippen LogP contribution in [0.1, 0.15) is 31.9 Å². The first-order chi connectivity index (χ1) is 20.3. The van der Waals surface area contributed by atoms with Gasteiger partial charge in [0.1, 0.15) is 17.3 Å². The van der Waals surface area contributed by atoms with Crippen LogP contribution in [0.5, 0.6) is 11.5 Å². The van der Waals surface area contributed by atoms with Crippen molar-refractivity contribution in [2.24, 2.45) is 0 Å². The molecule has 0 spiro atoms. The molecule has 0 fully saturated rings. The van der Waals surface area contributed by atoms with E-state index in [-0.39, 0.29) is 5.41 Å². The lowest BCUT2D eigenvalue weighted by atomic mass is 9.88. The second kappa shape index (κ2) is 8.85. The summed E-state index contributed by atoms with van der Waals surface area (Å²) in [6, 6.07) is 31.5. The Morgan fingerprint density at radius 3 is 2.19 bits per heavy atom. The minimum absolute atomic E-state index is 0.00991. The summed E-state index contributed by atoms with van der Waals surface area (Å²) in [6.45, 7) is 8.75. The molecule has 0 amide bonds. The zero-order valence-corrected chi connectivity index (χ0v) is 23.8. The maximum Gasteiger partial charge on any atom is 0.187 e. The van der Waals surface area contributed by atoms with Crippen molar-refractivity contribution >= 4 is 49.1 Å². The highest BCUT2D eigenvalue weighted by Crippen LogP contribution is 2.37. The molecular formula is C35H28N6O. The highest BCUT2D eigenvalue weighted by Gasteiger charge is 2.18. The van der Waals surface area contributed by atoms with Crippen LogP contribution in [0.25, 0.3) is 54.9 Å². The van der Waals surface area contributed by atoms with Gasteiger partial charge in [-0.05, 0) is 82.2 Å². The molecule has 4 aromatic heterocycles. The van der Waals surface area contributed by atoms with Gasteiger partial charge in [0, 0.05) is 39.9 Å². The van der Waals surface area contributed by atoms with Crippen molar-refractivity contribution < 1.29 is 4.74 Å². The van der Waals surface area contributed by atoms with E-state index >= 15 is 0 Å². The number of tetrazole rings is 1. The number of hydrogen-bond donors (Lipinski definition) is 0. The third-order valence-corrected chi connectivity index (χ3v) is 8.09. The average molecular weight is 549 g/mol. The summed E-state index contributed by atoms with van der Waals surface area (Å²) in [5.41, 5.74) is 6.18. The van der Waals surface area contributed by atoms with Gasteiger partial charge in [-0.15, -0.1) is 5.10 Å². The van der Waals surface area contributed by atoms with Crippen molar-refractivity contribution in [3.8, 4) is 17.3 Å². The van der Waals surface area contributed by atoms with Crippen molar-refractivity contribution in [2.45, 2.75) is 33.1 Å². The van der Waals surface area contributed by atoms with Crippen LogP contribution in [-0.4, -0.2) is 29.6 Å². The maximum atomic E-state index is 6.50. The molecule has 0 saturated carbocycles. The zero-order chi connectivity index (χ0) is 28.6. The zero-order valence-electron chi connectivity index (χ0n) is 23.8. The van der Waals surface area contributed by atoms with Gasteiger partial charge in [-0.25, -0.2) is 4.98 Å². The van der Waals surface area contributed by atoms with Crippen LogP contribution < -0.4 is 4.74 Å². The molecule has 0 unspecified atom stereocenters. The van der Waals surface area contributed by atoms with Gasteiger partial charge in [-0.1, -0.05) is 56.7 Å².